The number of carboxylic acid groups (broad SMARTS) is 1. The van der Waals surface area contributed by atoms with Crippen LogP contribution in [0, 0.1) is 11.3 Å². The van der Waals surface area contributed by atoms with Gasteiger partial charge in [0.05, 0.1) is 16.6 Å². The Balaban J connectivity index is 3.14. The van der Waals surface area contributed by atoms with E-state index in [4.69, 9.17) is 4.74 Å². The predicted molar refractivity (Wildman–Crippen MR) is 77.2 cm³/mol. The molecule has 0 amide bonds. The minimum absolute atomic E-state index is 0.0732. The van der Waals surface area contributed by atoms with Gasteiger partial charge in [-0.05, 0) is 47.0 Å². The molecule has 0 saturated carbocycles. The highest BCUT2D eigenvalue weighted by Gasteiger charge is 2.57. The molecule has 1 fully saturated rings. The molecule has 0 aromatic carbocycles. The minimum Gasteiger partial charge on any atom is -0.481 e. The maximum atomic E-state index is 12.0. The zero-order valence-electron chi connectivity index (χ0n) is 13.4. The van der Waals surface area contributed by atoms with Crippen molar-refractivity contribution in [2.45, 2.75) is 84.8 Å². The van der Waals surface area contributed by atoms with Crippen molar-refractivity contribution < 1.29 is 14.6 Å². The predicted octanol–water partition coefficient (Wildman–Crippen LogP) is 4.25. The Morgan fingerprint density at radius 2 is 1.89 bits per heavy atom. The summed E-state index contributed by atoms with van der Waals surface area (Å²) in [5, 5.41) is 9.86. The molecule has 2 atom stereocenters. The number of hydrogen-bond donors (Lipinski definition) is 1. The number of unbranched alkanes of at least 4 members (excludes halogenated alkanes) is 1. The van der Waals surface area contributed by atoms with Crippen LogP contribution in [0.1, 0.15) is 73.6 Å². The maximum Gasteiger partial charge on any atom is 0.310 e. The SMILES string of the molecule is CCCCC(CC)(C(=O)O)C1CC(C)(C)OC1(C)C. The molecule has 1 saturated heterocycles. The Morgan fingerprint density at radius 3 is 2.21 bits per heavy atom. The van der Waals surface area contributed by atoms with Gasteiger partial charge in [-0.25, -0.2) is 0 Å². The van der Waals surface area contributed by atoms with E-state index in [0.29, 0.717) is 6.42 Å². The Kier molecular flexibility index (Phi) is 4.71. The van der Waals surface area contributed by atoms with Crippen molar-refractivity contribution in [1.29, 1.82) is 0 Å². The standard InChI is InChI=1S/C16H30O3/c1-7-9-10-16(8-2,13(17)18)12-11-14(3,4)19-15(12,5)6/h12H,7-11H2,1-6H3,(H,17,18). The van der Waals surface area contributed by atoms with Crippen LogP contribution in [0.15, 0.2) is 0 Å². The fourth-order valence-electron chi connectivity index (χ4n) is 3.92. The molecule has 0 aromatic rings. The summed E-state index contributed by atoms with van der Waals surface area (Å²) < 4.78 is 6.12. The second-order valence-corrected chi connectivity index (χ2v) is 7.14. The molecule has 1 N–H and O–H groups in total. The van der Waals surface area contributed by atoms with E-state index in [0.717, 1.165) is 25.7 Å². The third kappa shape index (κ3) is 3.13. The highest BCUT2D eigenvalue weighted by Crippen LogP contribution is 2.53. The molecular formula is C16H30O3. The molecule has 1 rings (SSSR count). The molecule has 0 aromatic heterocycles. The summed E-state index contributed by atoms with van der Waals surface area (Å²) in [7, 11) is 0. The molecule has 0 radical (unpaired) electrons. The Bertz CT molecular complexity index is 333. The summed E-state index contributed by atoms with van der Waals surface area (Å²) in [5.41, 5.74) is -1.24. The van der Waals surface area contributed by atoms with Gasteiger partial charge >= 0.3 is 5.97 Å². The summed E-state index contributed by atoms with van der Waals surface area (Å²) in [5.74, 6) is -0.577. The topological polar surface area (TPSA) is 46.5 Å². The van der Waals surface area contributed by atoms with Gasteiger partial charge in [-0.2, -0.15) is 0 Å². The van der Waals surface area contributed by atoms with Crippen molar-refractivity contribution in [1.82, 2.24) is 0 Å². The second kappa shape index (κ2) is 5.43. The average molecular weight is 270 g/mol. The fraction of sp³-hybridized carbons (Fsp3) is 0.938. The van der Waals surface area contributed by atoms with Crippen LogP contribution in [0.25, 0.3) is 0 Å². The minimum atomic E-state index is -0.650. The lowest BCUT2D eigenvalue weighted by Gasteiger charge is -2.40. The lowest BCUT2D eigenvalue weighted by Crippen LogP contribution is -2.46. The van der Waals surface area contributed by atoms with Gasteiger partial charge in [-0.3, -0.25) is 4.79 Å². The van der Waals surface area contributed by atoms with Crippen molar-refractivity contribution in [3.63, 3.8) is 0 Å². The largest absolute Gasteiger partial charge is 0.481 e. The van der Waals surface area contributed by atoms with Crippen LogP contribution >= 0.6 is 0 Å². The first-order chi connectivity index (χ1) is 8.61. The molecule has 0 spiro atoms. The first-order valence-corrected chi connectivity index (χ1v) is 7.55. The monoisotopic (exact) mass is 270 g/mol. The van der Waals surface area contributed by atoms with Gasteiger partial charge in [0.15, 0.2) is 0 Å². The maximum absolute atomic E-state index is 12.0. The van der Waals surface area contributed by atoms with Crippen molar-refractivity contribution in [2.24, 2.45) is 11.3 Å². The quantitative estimate of drug-likeness (QED) is 0.784. The van der Waals surface area contributed by atoms with E-state index in [1.165, 1.54) is 0 Å². The van der Waals surface area contributed by atoms with Gasteiger partial charge in [0, 0.05) is 5.92 Å². The van der Waals surface area contributed by atoms with Gasteiger partial charge in [-0.15, -0.1) is 0 Å². The number of rotatable bonds is 6. The molecule has 0 aliphatic carbocycles. The average Bonchev–Trinajstić information content (AvgIpc) is 2.49. The first-order valence-electron chi connectivity index (χ1n) is 7.55. The van der Waals surface area contributed by atoms with E-state index < -0.39 is 11.4 Å². The van der Waals surface area contributed by atoms with Crippen molar-refractivity contribution in [3.05, 3.63) is 0 Å². The summed E-state index contributed by atoms with van der Waals surface area (Å²) in [6, 6.07) is 0. The first kappa shape index (κ1) is 16.5. The van der Waals surface area contributed by atoms with Crippen LogP contribution in [-0.4, -0.2) is 22.3 Å². The van der Waals surface area contributed by atoms with E-state index >= 15 is 0 Å². The fourth-order valence-corrected chi connectivity index (χ4v) is 3.92. The van der Waals surface area contributed by atoms with Crippen LogP contribution in [0.4, 0.5) is 0 Å². The zero-order valence-corrected chi connectivity index (χ0v) is 13.4. The summed E-state index contributed by atoms with van der Waals surface area (Å²) >= 11 is 0. The number of carbonyl (C=O) groups is 1. The Morgan fingerprint density at radius 1 is 1.32 bits per heavy atom. The molecular weight excluding hydrogens is 240 g/mol. The van der Waals surface area contributed by atoms with Crippen molar-refractivity contribution >= 4 is 5.97 Å². The molecule has 2 unspecified atom stereocenters. The van der Waals surface area contributed by atoms with Gasteiger partial charge in [0.1, 0.15) is 0 Å². The smallest absolute Gasteiger partial charge is 0.310 e. The van der Waals surface area contributed by atoms with Crippen LogP contribution < -0.4 is 0 Å². The van der Waals surface area contributed by atoms with E-state index in [1.54, 1.807) is 0 Å². The lowest BCUT2D eigenvalue weighted by molar-refractivity contribution is -0.160. The number of aliphatic carboxylic acids is 1. The highest BCUT2D eigenvalue weighted by molar-refractivity contribution is 5.75. The van der Waals surface area contributed by atoms with Gasteiger partial charge in [-0.1, -0.05) is 26.7 Å². The van der Waals surface area contributed by atoms with Gasteiger partial charge < -0.3 is 9.84 Å². The van der Waals surface area contributed by atoms with E-state index in [-0.39, 0.29) is 17.1 Å². The summed E-state index contributed by atoms with van der Waals surface area (Å²) in [4.78, 5) is 12.0. The molecule has 1 heterocycles. The molecule has 3 nitrogen and oxygen atoms in total. The number of carboxylic acids is 1. The third-order valence-electron chi connectivity index (χ3n) is 4.77. The normalized spacial score (nSPS) is 28.0. The third-order valence-corrected chi connectivity index (χ3v) is 4.77. The molecule has 1 aliphatic rings. The number of ether oxygens (including phenoxy) is 1. The van der Waals surface area contributed by atoms with Crippen LogP contribution in [0.2, 0.25) is 0 Å². The lowest BCUT2D eigenvalue weighted by atomic mass is 9.63. The molecule has 112 valence electrons. The van der Waals surface area contributed by atoms with Gasteiger partial charge in [0.2, 0.25) is 0 Å². The van der Waals surface area contributed by atoms with Crippen molar-refractivity contribution in [2.75, 3.05) is 0 Å². The second-order valence-electron chi connectivity index (χ2n) is 7.14. The molecule has 0 bridgehead atoms. The van der Waals surface area contributed by atoms with Crippen LogP contribution in [-0.2, 0) is 9.53 Å². The summed E-state index contributed by atoms with van der Waals surface area (Å²) in [6.45, 7) is 12.3. The summed E-state index contributed by atoms with van der Waals surface area (Å²) in [6.07, 6.45) is 4.25. The Hall–Kier alpha value is -0.570. The zero-order chi connectivity index (χ0) is 14.9. The number of hydrogen-bond acceptors (Lipinski definition) is 2. The van der Waals surface area contributed by atoms with Crippen LogP contribution in [0.5, 0.6) is 0 Å². The van der Waals surface area contributed by atoms with Gasteiger partial charge in [0.25, 0.3) is 0 Å². The van der Waals surface area contributed by atoms with E-state index in [1.807, 2.05) is 20.8 Å². The molecule has 19 heavy (non-hydrogen) atoms. The molecule has 1 aliphatic heterocycles. The molecule has 3 heteroatoms. The van der Waals surface area contributed by atoms with E-state index in [9.17, 15) is 9.90 Å². The van der Waals surface area contributed by atoms with Crippen LogP contribution in [0.3, 0.4) is 0 Å². The Labute approximate surface area is 117 Å². The van der Waals surface area contributed by atoms with E-state index in [2.05, 4.69) is 20.8 Å². The highest BCUT2D eigenvalue weighted by atomic mass is 16.5. The van der Waals surface area contributed by atoms with Crippen molar-refractivity contribution in [3.8, 4) is 0 Å².